The second kappa shape index (κ2) is 11.2. The molecule has 0 saturated carbocycles. The Morgan fingerprint density at radius 1 is 1.05 bits per heavy atom. The summed E-state index contributed by atoms with van der Waals surface area (Å²) in [6, 6.07) is 7.55. The summed E-state index contributed by atoms with van der Waals surface area (Å²) in [5.74, 6) is -0.723. The van der Waals surface area contributed by atoms with Crippen LogP contribution in [0, 0.1) is 0 Å². The predicted octanol–water partition coefficient (Wildman–Crippen LogP) is 4.40. The standard InChI is InChI=1S/C17H23BrO4/c1-2-3-4-5-11-21-16(19)9-10-17(20)22-13-14-7-6-8-15(18)12-14/h6-8,12H,2-5,9-11,13H2,1H3. The maximum atomic E-state index is 11.6. The summed E-state index contributed by atoms with van der Waals surface area (Å²) in [7, 11) is 0. The van der Waals surface area contributed by atoms with Gasteiger partial charge in [-0.05, 0) is 24.1 Å². The fraction of sp³-hybridized carbons (Fsp3) is 0.529. The molecular weight excluding hydrogens is 348 g/mol. The van der Waals surface area contributed by atoms with Crippen molar-refractivity contribution < 1.29 is 19.1 Å². The van der Waals surface area contributed by atoms with Gasteiger partial charge < -0.3 is 9.47 Å². The third-order valence-corrected chi connectivity index (χ3v) is 3.58. The lowest BCUT2D eigenvalue weighted by molar-refractivity contribution is -0.151. The molecule has 0 heterocycles. The van der Waals surface area contributed by atoms with Gasteiger partial charge in [-0.1, -0.05) is 54.2 Å². The number of hydrogen-bond acceptors (Lipinski definition) is 4. The van der Waals surface area contributed by atoms with Crippen LogP contribution in [0.3, 0.4) is 0 Å². The highest BCUT2D eigenvalue weighted by Crippen LogP contribution is 2.12. The van der Waals surface area contributed by atoms with E-state index in [4.69, 9.17) is 9.47 Å². The summed E-state index contributed by atoms with van der Waals surface area (Å²) in [6.07, 6.45) is 4.38. The van der Waals surface area contributed by atoms with Crippen LogP contribution in [0.15, 0.2) is 28.7 Å². The third-order valence-electron chi connectivity index (χ3n) is 3.08. The molecule has 1 rings (SSSR count). The van der Waals surface area contributed by atoms with Crippen LogP contribution in [-0.2, 0) is 25.7 Å². The lowest BCUT2D eigenvalue weighted by Crippen LogP contribution is -2.11. The molecule has 0 radical (unpaired) electrons. The van der Waals surface area contributed by atoms with Gasteiger partial charge in [0.25, 0.3) is 0 Å². The topological polar surface area (TPSA) is 52.6 Å². The number of unbranched alkanes of at least 4 members (excludes halogenated alkanes) is 3. The second-order valence-electron chi connectivity index (χ2n) is 5.07. The quantitative estimate of drug-likeness (QED) is 0.452. The molecule has 0 aliphatic rings. The normalized spacial score (nSPS) is 10.3. The van der Waals surface area contributed by atoms with Crippen LogP contribution in [0.2, 0.25) is 0 Å². The number of carbonyl (C=O) groups is 2. The largest absolute Gasteiger partial charge is 0.466 e. The SMILES string of the molecule is CCCCCCOC(=O)CCC(=O)OCc1cccc(Br)c1. The maximum Gasteiger partial charge on any atom is 0.306 e. The minimum Gasteiger partial charge on any atom is -0.466 e. The number of ether oxygens (including phenoxy) is 2. The van der Waals surface area contributed by atoms with Crippen LogP contribution in [0.1, 0.15) is 51.0 Å². The zero-order valence-corrected chi connectivity index (χ0v) is 14.6. The number of benzene rings is 1. The van der Waals surface area contributed by atoms with Crippen LogP contribution < -0.4 is 0 Å². The molecule has 0 unspecified atom stereocenters. The van der Waals surface area contributed by atoms with E-state index in [2.05, 4.69) is 22.9 Å². The van der Waals surface area contributed by atoms with Crippen molar-refractivity contribution in [3.05, 3.63) is 34.3 Å². The molecule has 0 bridgehead atoms. The molecule has 1 aromatic carbocycles. The highest BCUT2D eigenvalue weighted by Gasteiger charge is 2.09. The van der Waals surface area contributed by atoms with Crippen LogP contribution in [0.25, 0.3) is 0 Å². The van der Waals surface area contributed by atoms with Gasteiger partial charge in [0.15, 0.2) is 0 Å². The smallest absolute Gasteiger partial charge is 0.306 e. The molecule has 0 aliphatic carbocycles. The first-order valence-electron chi connectivity index (χ1n) is 7.67. The van der Waals surface area contributed by atoms with Crippen LogP contribution in [0.4, 0.5) is 0 Å². The highest BCUT2D eigenvalue weighted by atomic mass is 79.9. The van der Waals surface area contributed by atoms with E-state index in [1.807, 2.05) is 24.3 Å². The molecule has 5 heteroatoms. The summed E-state index contributed by atoms with van der Waals surface area (Å²) in [5, 5.41) is 0. The number of esters is 2. The highest BCUT2D eigenvalue weighted by molar-refractivity contribution is 9.10. The van der Waals surface area contributed by atoms with Crippen molar-refractivity contribution in [2.24, 2.45) is 0 Å². The van der Waals surface area contributed by atoms with E-state index in [-0.39, 0.29) is 31.4 Å². The van der Waals surface area contributed by atoms with Gasteiger partial charge >= 0.3 is 11.9 Å². The molecule has 122 valence electrons. The Labute approximate surface area is 140 Å². The van der Waals surface area contributed by atoms with Gasteiger partial charge in [-0.3, -0.25) is 9.59 Å². The van der Waals surface area contributed by atoms with E-state index < -0.39 is 0 Å². The average Bonchev–Trinajstić information content (AvgIpc) is 2.51. The Kier molecular flexibility index (Phi) is 9.55. The second-order valence-corrected chi connectivity index (χ2v) is 5.99. The first kappa shape index (κ1) is 18.7. The molecule has 1 aromatic rings. The fourth-order valence-electron chi connectivity index (χ4n) is 1.85. The van der Waals surface area contributed by atoms with Crippen molar-refractivity contribution in [2.75, 3.05) is 6.61 Å². The van der Waals surface area contributed by atoms with Crippen molar-refractivity contribution in [1.29, 1.82) is 0 Å². The van der Waals surface area contributed by atoms with Crippen molar-refractivity contribution >= 4 is 27.9 Å². The first-order chi connectivity index (χ1) is 10.6. The van der Waals surface area contributed by atoms with E-state index in [1.165, 1.54) is 0 Å². The van der Waals surface area contributed by atoms with Crippen molar-refractivity contribution in [3.8, 4) is 0 Å². The Balaban J connectivity index is 2.11. The number of rotatable bonds is 10. The third kappa shape index (κ3) is 8.82. The van der Waals surface area contributed by atoms with E-state index in [0.29, 0.717) is 6.61 Å². The summed E-state index contributed by atoms with van der Waals surface area (Å²) < 4.78 is 11.1. The number of halogens is 1. The van der Waals surface area contributed by atoms with E-state index >= 15 is 0 Å². The van der Waals surface area contributed by atoms with Crippen molar-refractivity contribution in [2.45, 2.75) is 52.1 Å². The van der Waals surface area contributed by atoms with Gasteiger partial charge in [0, 0.05) is 4.47 Å². The van der Waals surface area contributed by atoms with Gasteiger partial charge in [0.1, 0.15) is 6.61 Å². The summed E-state index contributed by atoms with van der Waals surface area (Å²) in [4.78, 5) is 23.0. The first-order valence-corrected chi connectivity index (χ1v) is 8.46. The molecule has 0 N–H and O–H groups in total. The predicted molar refractivity (Wildman–Crippen MR) is 88.3 cm³/mol. The number of carbonyl (C=O) groups excluding carboxylic acids is 2. The molecule has 22 heavy (non-hydrogen) atoms. The zero-order chi connectivity index (χ0) is 16.2. The Morgan fingerprint density at radius 3 is 2.45 bits per heavy atom. The van der Waals surface area contributed by atoms with Gasteiger partial charge in [-0.15, -0.1) is 0 Å². The van der Waals surface area contributed by atoms with Crippen LogP contribution in [0.5, 0.6) is 0 Å². The van der Waals surface area contributed by atoms with Crippen molar-refractivity contribution in [3.63, 3.8) is 0 Å². The lowest BCUT2D eigenvalue weighted by atomic mass is 10.2. The monoisotopic (exact) mass is 370 g/mol. The zero-order valence-electron chi connectivity index (χ0n) is 13.0. The molecule has 0 fully saturated rings. The van der Waals surface area contributed by atoms with Gasteiger partial charge in [-0.2, -0.15) is 0 Å². The molecule has 0 amide bonds. The summed E-state index contributed by atoms with van der Waals surface area (Å²) >= 11 is 3.36. The fourth-order valence-corrected chi connectivity index (χ4v) is 2.30. The Morgan fingerprint density at radius 2 is 1.77 bits per heavy atom. The average molecular weight is 371 g/mol. The molecule has 0 saturated heterocycles. The molecular formula is C17H23BrO4. The Hall–Kier alpha value is -1.36. The van der Waals surface area contributed by atoms with Crippen LogP contribution >= 0.6 is 15.9 Å². The molecule has 0 aliphatic heterocycles. The molecule has 0 spiro atoms. The van der Waals surface area contributed by atoms with Gasteiger partial charge in [0.05, 0.1) is 19.4 Å². The maximum absolute atomic E-state index is 11.6. The van der Waals surface area contributed by atoms with E-state index in [0.717, 1.165) is 35.7 Å². The molecule has 0 atom stereocenters. The van der Waals surface area contributed by atoms with Crippen LogP contribution in [-0.4, -0.2) is 18.5 Å². The minimum absolute atomic E-state index is 0.0573. The summed E-state index contributed by atoms with van der Waals surface area (Å²) in [5.41, 5.74) is 0.904. The minimum atomic E-state index is -0.386. The number of hydrogen-bond donors (Lipinski definition) is 0. The van der Waals surface area contributed by atoms with Gasteiger partial charge in [0.2, 0.25) is 0 Å². The van der Waals surface area contributed by atoms with E-state index in [9.17, 15) is 9.59 Å². The van der Waals surface area contributed by atoms with Gasteiger partial charge in [-0.25, -0.2) is 0 Å². The molecule has 4 nitrogen and oxygen atoms in total. The lowest BCUT2D eigenvalue weighted by Gasteiger charge is -2.06. The summed E-state index contributed by atoms with van der Waals surface area (Å²) in [6.45, 7) is 2.78. The van der Waals surface area contributed by atoms with E-state index in [1.54, 1.807) is 0 Å². The Bertz CT molecular complexity index is 473. The van der Waals surface area contributed by atoms with Crippen molar-refractivity contribution in [1.82, 2.24) is 0 Å². The molecule has 0 aromatic heterocycles.